The Hall–Kier alpha value is -4.21. The molecule has 0 aliphatic heterocycles. The zero-order valence-electron chi connectivity index (χ0n) is 19.1. The summed E-state index contributed by atoms with van der Waals surface area (Å²) < 4.78 is 1.78. The number of anilines is 2. The first kappa shape index (κ1) is 23.5. The molecule has 0 unspecified atom stereocenters. The number of amides is 1. The molecule has 11 heteroatoms. The van der Waals surface area contributed by atoms with Gasteiger partial charge in [-0.05, 0) is 48.2 Å². The number of para-hydroxylation sites is 1. The Bertz CT molecular complexity index is 1710. The fourth-order valence-electron chi connectivity index (χ4n) is 3.95. The van der Waals surface area contributed by atoms with Crippen molar-refractivity contribution in [3.8, 4) is 0 Å². The van der Waals surface area contributed by atoms with Crippen LogP contribution in [-0.2, 0) is 7.05 Å². The Kier molecular flexibility index (Phi) is 6.17. The lowest BCUT2D eigenvalue weighted by Crippen LogP contribution is -2.19. The van der Waals surface area contributed by atoms with Gasteiger partial charge in [0.2, 0.25) is 5.95 Å². The first-order valence-corrected chi connectivity index (χ1v) is 11.6. The van der Waals surface area contributed by atoms with Crippen molar-refractivity contribution in [3.05, 3.63) is 92.1 Å². The van der Waals surface area contributed by atoms with Crippen LogP contribution in [0.3, 0.4) is 0 Å². The normalized spacial score (nSPS) is 11.4. The van der Waals surface area contributed by atoms with Crippen molar-refractivity contribution >= 4 is 68.8 Å². The van der Waals surface area contributed by atoms with E-state index in [1.165, 1.54) is 12.4 Å². The number of aryl methyl sites for hydroxylation is 2. The van der Waals surface area contributed by atoms with Gasteiger partial charge in [0.1, 0.15) is 5.69 Å². The fourth-order valence-corrected chi connectivity index (χ4v) is 4.44. The number of halogens is 2. The quantitative estimate of drug-likeness (QED) is 0.224. The van der Waals surface area contributed by atoms with Gasteiger partial charge >= 0.3 is 0 Å². The maximum Gasteiger partial charge on any atom is 0.289 e. The summed E-state index contributed by atoms with van der Waals surface area (Å²) in [5.74, 6) is 0.0234. The number of aromatic nitrogens is 4. The Morgan fingerprint density at radius 3 is 2.61 bits per heavy atom. The molecule has 5 rings (SSSR count). The average Bonchev–Trinajstić information content (AvgIpc) is 3.19. The van der Waals surface area contributed by atoms with Gasteiger partial charge in [-0.3, -0.25) is 14.6 Å². The van der Waals surface area contributed by atoms with Crippen LogP contribution in [0.5, 0.6) is 0 Å². The molecule has 36 heavy (non-hydrogen) atoms. The van der Waals surface area contributed by atoms with Crippen LogP contribution in [0.1, 0.15) is 21.7 Å². The number of hydrazone groups is 1. The van der Waals surface area contributed by atoms with E-state index in [1.54, 1.807) is 48.0 Å². The number of pyridine rings is 2. The van der Waals surface area contributed by atoms with E-state index >= 15 is 0 Å². The lowest BCUT2D eigenvalue weighted by atomic mass is 10.0. The van der Waals surface area contributed by atoms with E-state index in [0.717, 1.165) is 10.9 Å². The zero-order valence-corrected chi connectivity index (χ0v) is 20.6. The molecule has 0 fully saturated rings. The topological polar surface area (TPSA) is 117 Å². The molecule has 3 N–H and O–H groups in total. The number of hydrogen-bond acceptors (Lipinski definition) is 6. The third-order valence-corrected chi connectivity index (χ3v) is 6.41. The van der Waals surface area contributed by atoms with Crippen LogP contribution in [0, 0.1) is 6.92 Å². The highest BCUT2D eigenvalue weighted by Gasteiger charge is 2.17. The van der Waals surface area contributed by atoms with E-state index in [4.69, 9.17) is 23.2 Å². The second kappa shape index (κ2) is 9.44. The number of fused-ring (bicyclic) bond motifs is 3. The number of carbonyl (C=O) groups is 1. The van der Waals surface area contributed by atoms with Gasteiger partial charge in [-0.1, -0.05) is 41.4 Å². The second-order valence-corrected chi connectivity index (χ2v) is 8.79. The Morgan fingerprint density at radius 1 is 1.11 bits per heavy atom. The summed E-state index contributed by atoms with van der Waals surface area (Å²) in [6.07, 6.45) is 2.92. The number of aromatic amines is 1. The highest BCUT2D eigenvalue weighted by atomic mass is 35.5. The van der Waals surface area contributed by atoms with E-state index in [9.17, 15) is 9.59 Å². The average molecular weight is 520 g/mol. The molecule has 0 aliphatic rings. The summed E-state index contributed by atoms with van der Waals surface area (Å²) in [5, 5.41) is 9.27. The SMILES string of the molecule is Cc1c(C=NNC(=O)c2ccccn2)[nH]c(=O)c2c1ccc1nc(Nc3c(Cl)cccc3Cl)n(C)c12. The number of nitrogens with zero attached hydrogens (tertiary/aromatic N) is 4. The minimum absolute atomic E-state index is 0.236. The third kappa shape index (κ3) is 4.19. The van der Waals surface area contributed by atoms with Crippen molar-refractivity contribution in [3.63, 3.8) is 0 Å². The maximum absolute atomic E-state index is 13.2. The number of rotatable bonds is 5. The van der Waals surface area contributed by atoms with Gasteiger partial charge in [0.15, 0.2) is 0 Å². The first-order valence-electron chi connectivity index (χ1n) is 10.8. The molecule has 2 aromatic carbocycles. The van der Waals surface area contributed by atoms with Crippen molar-refractivity contribution in [2.24, 2.45) is 12.1 Å². The van der Waals surface area contributed by atoms with Gasteiger partial charge in [-0.2, -0.15) is 5.10 Å². The molecule has 1 amide bonds. The summed E-state index contributed by atoms with van der Waals surface area (Å²) in [6.45, 7) is 1.87. The Morgan fingerprint density at radius 2 is 1.89 bits per heavy atom. The molecular weight excluding hydrogens is 501 g/mol. The summed E-state index contributed by atoms with van der Waals surface area (Å²) in [7, 11) is 1.80. The van der Waals surface area contributed by atoms with E-state index in [-0.39, 0.29) is 11.3 Å². The van der Waals surface area contributed by atoms with E-state index in [0.29, 0.717) is 43.8 Å². The van der Waals surface area contributed by atoms with Gasteiger partial charge in [-0.25, -0.2) is 10.4 Å². The molecule has 0 bridgehead atoms. The highest BCUT2D eigenvalue weighted by Crippen LogP contribution is 2.34. The number of carbonyl (C=O) groups excluding carboxylic acids is 1. The second-order valence-electron chi connectivity index (χ2n) is 7.98. The van der Waals surface area contributed by atoms with E-state index < -0.39 is 5.91 Å². The predicted molar refractivity (Wildman–Crippen MR) is 143 cm³/mol. The molecule has 0 aliphatic carbocycles. The van der Waals surface area contributed by atoms with Crippen LogP contribution < -0.4 is 16.3 Å². The number of imidazole rings is 1. The van der Waals surface area contributed by atoms with Gasteiger partial charge in [-0.15, -0.1) is 0 Å². The molecule has 0 atom stereocenters. The lowest BCUT2D eigenvalue weighted by molar-refractivity contribution is 0.0950. The minimum Gasteiger partial charge on any atom is -0.323 e. The lowest BCUT2D eigenvalue weighted by Gasteiger charge is -2.10. The Balaban J connectivity index is 1.53. The number of benzene rings is 2. The van der Waals surface area contributed by atoms with E-state index in [1.807, 2.05) is 19.1 Å². The summed E-state index contributed by atoms with van der Waals surface area (Å²) in [4.78, 5) is 36.8. The molecule has 0 spiro atoms. The summed E-state index contributed by atoms with van der Waals surface area (Å²) >= 11 is 12.6. The van der Waals surface area contributed by atoms with Crippen LogP contribution in [0.4, 0.5) is 11.6 Å². The van der Waals surface area contributed by atoms with Gasteiger partial charge in [0.25, 0.3) is 11.5 Å². The first-order chi connectivity index (χ1) is 17.3. The van der Waals surface area contributed by atoms with Gasteiger partial charge in [0.05, 0.1) is 44.1 Å². The standard InChI is InChI=1S/C25H19Cl2N7O2/c1-13-14-9-10-17-22(34(2)25(31-17)32-21-15(26)6-5-7-16(21)27)20(14)24(36)30-19(13)12-29-33-23(35)18-8-3-4-11-28-18/h3-12H,1-2H3,(H,30,36)(H,31,32)(H,33,35). The molecule has 3 heterocycles. The molecule has 180 valence electrons. The van der Waals surface area contributed by atoms with Crippen LogP contribution in [0.25, 0.3) is 21.8 Å². The molecular formula is C25H19Cl2N7O2. The van der Waals surface area contributed by atoms with Gasteiger partial charge in [0, 0.05) is 13.2 Å². The monoisotopic (exact) mass is 519 g/mol. The number of nitrogens with one attached hydrogen (secondary N) is 3. The van der Waals surface area contributed by atoms with Crippen LogP contribution in [-0.4, -0.2) is 31.6 Å². The van der Waals surface area contributed by atoms with Crippen LogP contribution >= 0.6 is 23.2 Å². The van der Waals surface area contributed by atoms with Crippen LogP contribution in [0.15, 0.2) is 64.6 Å². The number of hydrogen-bond donors (Lipinski definition) is 3. The van der Waals surface area contributed by atoms with Crippen molar-refractivity contribution in [1.82, 2.24) is 24.9 Å². The summed E-state index contributed by atoms with van der Waals surface area (Å²) in [6, 6.07) is 13.9. The molecule has 0 saturated carbocycles. The predicted octanol–water partition coefficient (Wildman–Crippen LogP) is 4.93. The van der Waals surface area contributed by atoms with Gasteiger partial charge < -0.3 is 14.9 Å². The number of H-pyrrole nitrogens is 1. The van der Waals surface area contributed by atoms with E-state index in [2.05, 4.69) is 30.8 Å². The van der Waals surface area contributed by atoms with Crippen molar-refractivity contribution < 1.29 is 4.79 Å². The molecule has 0 saturated heterocycles. The van der Waals surface area contributed by atoms with Crippen molar-refractivity contribution in [2.75, 3.05) is 5.32 Å². The highest BCUT2D eigenvalue weighted by molar-refractivity contribution is 6.39. The molecule has 0 radical (unpaired) electrons. The fraction of sp³-hybridized carbons (Fsp3) is 0.0800. The third-order valence-electron chi connectivity index (χ3n) is 5.78. The minimum atomic E-state index is -0.456. The molecule has 3 aromatic heterocycles. The molecule has 9 nitrogen and oxygen atoms in total. The van der Waals surface area contributed by atoms with Crippen molar-refractivity contribution in [1.29, 1.82) is 0 Å². The zero-order chi connectivity index (χ0) is 25.4. The Labute approximate surface area is 214 Å². The maximum atomic E-state index is 13.2. The smallest absolute Gasteiger partial charge is 0.289 e. The summed E-state index contributed by atoms with van der Waals surface area (Å²) in [5.41, 5.74) is 5.40. The van der Waals surface area contributed by atoms with Crippen LogP contribution in [0.2, 0.25) is 10.0 Å². The largest absolute Gasteiger partial charge is 0.323 e. The van der Waals surface area contributed by atoms with Crippen molar-refractivity contribution in [2.45, 2.75) is 6.92 Å². The molecule has 5 aromatic rings.